The smallest absolute Gasteiger partial charge is 0.326 e. The summed E-state index contributed by atoms with van der Waals surface area (Å²) < 4.78 is 0. The summed E-state index contributed by atoms with van der Waals surface area (Å²) in [6, 6.07) is -3.75. The van der Waals surface area contributed by atoms with Crippen molar-refractivity contribution >= 4 is 23.7 Å². The Labute approximate surface area is 208 Å². The quantitative estimate of drug-likeness (QED) is 0.0944. The summed E-state index contributed by atoms with van der Waals surface area (Å²) in [6.07, 6.45) is 4.94. The Bertz CT molecular complexity index is 648. The molecule has 0 aromatic rings. The topological polar surface area (TPSA) is 229 Å². The SMILES string of the molecule is CC(C)C(NC(=O)C(CCCCN)NC(=O)C(CCCCN)NC(=O)C(N)CCCCN)C(=O)O. The molecule has 0 saturated heterocycles. The zero-order valence-corrected chi connectivity index (χ0v) is 21.3. The number of carboxylic acid groups (broad SMARTS) is 1. The molecule has 0 aliphatic carbocycles. The summed E-state index contributed by atoms with van der Waals surface area (Å²) in [7, 11) is 0. The summed E-state index contributed by atoms with van der Waals surface area (Å²) >= 11 is 0. The minimum atomic E-state index is -1.16. The van der Waals surface area contributed by atoms with Crippen LogP contribution >= 0.6 is 0 Å². The highest BCUT2D eigenvalue weighted by Gasteiger charge is 2.31. The van der Waals surface area contributed by atoms with Crippen molar-refractivity contribution in [2.75, 3.05) is 19.6 Å². The van der Waals surface area contributed by atoms with Crippen molar-refractivity contribution in [1.82, 2.24) is 16.0 Å². The Balaban J connectivity index is 5.44. The fourth-order valence-electron chi connectivity index (χ4n) is 3.48. The van der Waals surface area contributed by atoms with Crippen molar-refractivity contribution < 1.29 is 24.3 Å². The molecule has 0 radical (unpaired) electrons. The molecule has 4 atom stereocenters. The van der Waals surface area contributed by atoms with Crippen LogP contribution in [0.3, 0.4) is 0 Å². The van der Waals surface area contributed by atoms with E-state index in [9.17, 15) is 24.3 Å². The second-order valence-electron chi connectivity index (χ2n) is 9.15. The second-order valence-corrected chi connectivity index (χ2v) is 9.15. The van der Waals surface area contributed by atoms with Crippen LogP contribution in [0.1, 0.15) is 71.6 Å². The number of nitrogens with one attached hydrogen (secondary N) is 3. The number of hydrogen-bond acceptors (Lipinski definition) is 8. The average Bonchev–Trinajstić information content (AvgIpc) is 2.80. The largest absolute Gasteiger partial charge is 0.480 e. The molecule has 0 bridgehead atoms. The van der Waals surface area contributed by atoms with Crippen LogP contribution in [-0.2, 0) is 19.2 Å². The molecule has 0 aliphatic heterocycles. The van der Waals surface area contributed by atoms with Gasteiger partial charge in [0.15, 0.2) is 0 Å². The molecule has 0 aliphatic rings. The van der Waals surface area contributed by atoms with Crippen molar-refractivity contribution in [3.05, 3.63) is 0 Å². The van der Waals surface area contributed by atoms with Gasteiger partial charge in [-0.05, 0) is 76.9 Å². The molecule has 12 N–H and O–H groups in total. The van der Waals surface area contributed by atoms with E-state index in [2.05, 4.69) is 16.0 Å². The number of hydrogen-bond donors (Lipinski definition) is 8. The molecule has 0 aromatic heterocycles. The molecular formula is C23H47N7O5. The van der Waals surface area contributed by atoms with Crippen LogP contribution in [0.2, 0.25) is 0 Å². The zero-order valence-electron chi connectivity index (χ0n) is 21.3. The van der Waals surface area contributed by atoms with E-state index in [4.69, 9.17) is 22.9 Å². The van der Waals surface area contributed by atoms with E-state index in [0.29, 0.717) is 64.6 Å². The number of carbonyl (C=O) groups excluding carboxylic acids is 3. The maximum Gasteiger partial charge on any atom is 0.326 e. The van der Waals surface area contributed by atoms with Crippen molar-refractivity contribution in [1.29, 1.82) is 0 Å². The third-order valence-electron chi connectivity index (χ3n) is 5.70. The van der Waals surface area contributed by atoms with Crippen molar-refractivity contribution in [3.63, 3.8) is 0 Å². The summed E-state index contributed by atoms with van der Waals surface area (Å²) in [4.78, 5) is 50.1. The molecule has 35 heavy (non-hydrogen) atoms. The van der Waals surface area contributed by atoms with Gasteiger partial charge >= 0.3 is 5.97 Å². The van der Waals surface area contributed by atoms with Crippen LogP contribution in [0.5, 0.6) is 0 Å². The van der Waals surface area contributed by atoms with Gasteiger partial charge in [-0.1, -0.05) is 20.3 Å². The molecular weight excluding hydrogens is 454 g/mol. The standard InChI is InChI=1S/C23H47N7O5/c1-15(2)19(23(34)35)30-22(33)18(11-5-8-14-26)29-21(32)17(10-4-7-13-25)28-20(31)16(27)9-3-6-12-24/h15-19H,3-14,24-27H2,1-2H3,(H,28,31)(H,29,32)(H,30,33)(H,34,35). The first-order valence-corrected chi connectivity index (χ1v) is 12.6. The van der Waals surface area contributed by atoms with Gasteiger partial charge in [0.25, 0.3) is 0 Å². The predicted octanol–water partition coefficient (Wildman–Crippen LogP) is -1.10. The highest BCUT2D eigenvalue weighted by atomic mass is 16.4. The number of rotatable bonds is 20. The Morgan fingerprint density at radius 1 is 0.657 bits per heavy atom. The fourth-order valence-corrected chi connectivity index (χ4v) is 3.48. The van der Waals surface area contributed by atoms with Crippen LogP contribution < -0.4 is 38.9 Å². The average molecular weight is 502 g/mol. The predicted molar refractivity (Wildman–Crippen MR) is 135 cm³/mol. The monoisotopic (exact) mass is 501 g/mol. The van der Waals surface area contributed by atoms with E-state index < -0.39 is 47.9 Å². The van der Waals surface area contributed by atoms with Gasteiger partial charge in [-0.15, -0.1) is 0 Å². The molecule has 0 fully saturated rings. The van der Waals surface area contributed by atoms with Gasteiger partial charge in [0.05, 0.1) is 6.04 Å². The number of nitrogens with two attached hydrogens (primary N) is 4. The van der Waals surface area contributed by atoms with Crippen molar-refractivity contribution in [3.8, 4) is 0 Å². The molecule has 0 heterocycles. The number of carboxylic acids is 1. The van der Waals surface area contributed by atoms with Gasteiger partial charge in [-0.3, -0.25) is 14.4 Å². The maximum atomic E-state index is 13.1. The number of carbonyl (C=O) groups is 4. The third kappa shape index (κ3) is 14.0. The summed E-state index contributed by atoms with van der Waals surface area (Å²) in [5, 5.41) is 17.3. The van der Waals surface area contributed by atoms with E-state index in [1.54, 1.807) is 13.8 Å². The molecule has 0 rings (SSSR count). The lowest BCUT2D eigenvalue weighted by Crippen LogP contribution is -2.57. The Morgan fingerprint density at radius 3 is 1.46 bits per heavy atom. The number of aliphatic carboxylic acids is 1. The van der Waals surface area contributed by atoms with Gasteiger partial charge in [0.2, 0.25) is 17.7 Å². The molecule has 0 spiro atoms. The summed E-state index contributed by atoms with van der Waals surface area (Å²) in [5.74, 6) is -3.09. The molecule has 4 unspecified atom stereocenters. The van der Waals surface area contributed by atoms with Gasteiger partial charge in [0, 0.05) is 0 Å². The highest BCUT2D eigenvalue weighted by molar-refractivity contribution is 5.94. The first kappa shape index (κ1) is 32.7. The minimum absolute atomic E-state index is 0.279. The normalized spacial score (nSPS) is 14.6. The summed E-state index contributed by atoms with van der Waals surface area (Å²) in [5.41, 5.74) is 22.6. The zero-order chi connectivity index (χ0) is 26.8. The molecule has 0 saturated carbocycles. The Kier molecular flexibility index (Phi) is 17.7. The van der Waals surface area contributed by atoms with Gasteiger partial charge < -0.3 is 44.0 Å². The van der Waals surface area contributed by atoms with Crippen molar-refractivity contribution in [2.24, 2.45) is 28.9 Å². The first-order valence-electron chi connectivity index (χ1n) is 12.6. The van der Waals surface area contributed by atoms with Gasteiger partial charge in [0.1, 0.15) is 18.1 Å². The van der Waals surface area contributed by atoms with E-state index >= 15 is 0 Å². The molecule has 3 amide bonds. The van der Waals surface area contributed by atoms with E-state index in [1.165, 1.54) is 0 Å². The van der Waals surface area contributed by atoms with E-state index in [1.807, 2.05) is 0 Å². The Hall–Kier alpha value is -2.28. The van der Waals surface area contributed by atoms with Crippen LogP contribution in [0, 0.1) is 5.92 Å². The highest BCUT2D eigenvalue weighted by Crippen LogP contribution is 2.08. The van der Waals surface area contributed by atoms with E-state index in [0.717, 1.165) is 6.42 Å². The van der Waals surface area contributed by atoms with Crippen LogP contribution in [0.15, 0.2) is 0 Å². The third-order valence-corrected chi connectivity index (χ3v) is 5.70. The molecule has 12 heteroatoms. The van der Waals surface area contributed by atoms with E-state index in [-0.39, 0.29) is 12.3 Å². The van der Waals surface area contributed by atoms with Crippen molar-refractivity contribution in [2.45, 2.75) is 95.8 Å². The maximum absolute atomic E-state index is 13.1. The number of unbranched alkanes of at least 4 members (excludes halogenated alkanes) is 3. The minimum Gasteiger partial charge on any atom is -0.480 e. The van der Waals surface area contributed by atoms with Crippen LogP contribution in [-0.4, -0.2) is 72.6 Å². The van der Waals surface area contributed by atoms with Crippen LogP contribution in [0.4, 0.5) is 0 Å². The lowest BCUT2D eigenvalue weighted by atomic mass is 10.0. The lowest BCUT2D eigenvalue weighted by Gasteiger charge is -2.26. The summed E-state index contributed by atoms with van der Waals surface area (Å²) in [6.45, 7) is 4.73. The van der Waals surface area contributed by atoms with Gasteiger partial charge in [-0.2, -0.15) is 0 Å². The van der Waals surface area contributed by atoms with Crippen LogP contribution in [0.25, 0.3) is 0 Å². The molecule has 12 nitrogen and oxygen atoms in total. The van der Waals surface area contributed by atoms with Gasteiger partial charge in [-0.25, -0.2) is 4.79 Å². The molecule has 204 valence electrons. The molecule has 0 aromatic carbocycles. The lowest BCUT2D eigenvalue weighted by molar-refractivity contribution is -0.143. The first-order chi connectivity index (χ1) is 16.6. The number of amides is 3. The Morgan fingerprint density at radius 2 is 1.06 bits per heavy atom. The second kappa shape index (κ2) is 19.0. The fraction of sp³-hybridized carbons (Fsp3) is 0.826.